The molecule has 3 nitrogen and oxygen atoms in total. The lowest BCUT2D eigenvalue weighted by atomic mass is 10.00. The molecule has 0 aliphatic heterocycles. The standard InChI is InChI=1S/C66H43N3S/c1-3-17-49(18-4-1)67(55-35-39-65-62(43-55)61-37-28-45-15-8-10-23-58(45)66(61)70-65)51-30-32-52(33-31-51)68(54-34-38-57-48(41-54)27-26-44-14-7-9-22-56(44)57)53-21-13-16-46(40-53)47-29-36-60-59-24-11-12-25-63(59)69(64(60)42-47)50-19-5-2-6-20-50/h1-43H. The first-order valence-electron chi connectivity index (χ1n) is 23.9. The van der Waals surface area contributed by atoms with Crippen LogP contribution in [0.3, 0.4) is 0 Å². The summed E-state index contributed by atoms with van der Waals surface area (Å²) in [6.45, 7) is 0. The van der Waals surface area contributed by atoms with Crippen LogP contribution in [-0.2, 0) is 0 Å². The highest BCUT2D eigenvalue weighted by Gasteiger charge is 2.20. The van der Waals surface area contributed by atoms with Crippen molar-refractivity contribution < 1.29 is 0 Å². The van der Waals surface area contributed by atoms with Gasteiger partial charge in [0.05, 0.1) is 11.0 Å². The molecule has 0 bridgehead atoms. The molecule has 2 heterocycles. The molecule has 2 aromatic heterocycles. The van der Waals surface area contributed by atoms with Crippen LogP contribution in [0.5, 0.6) is 0 Å². The van der Waals surface area contributed by atoms with E-state index in [0.29, 0.717) is 0 Å². The van der Waals surface area contributed by atoms with Gasteiger partial charge < -0.3 is 14.4 Å². The fourth-order valence-electron chi connectivity index (χ4n) is 10.8. The van der Waals surface area contributed by atoms with Crippen LogP contribution >= 0.6 is 11.3 Å². The summed E-state index contributed by atoms with van der Waals surface area (Å²) < 4.78 is 5.02. The Balaban J connectivity index is 0.906. The quantitative estimate of drug-likeness (QED) is 0.141. The van der Waals surface area contributed by atoms with Gasteiger partial charge in [0.15, 0.2) is 0 Å². The third kappa shape index (κ3) is 6.64. The Bertz CT molecular complexity index is 4300. The summed E-state index contributed by atoms with van der Waals surface area (Å²) in [7, 11) is 0. The van der Waals surface area contributed by atoms with Gasteiger partial charge in [-0.05, 0) is 147 Å². The van der Waals surface area contributed by atoms with Crippen molar-refractivity contribution in [1.29, 1.82) is 0 Å². The summed E-state index contributed by atoms with van der Waals surface area (Å²) in [6, 6.07) is 95.5. The molecule has 0 N–H and O–H groups in total. The van der Waals surface area contributed by atoms with Gasteiger partial charge in [-0.25, -0.2) is 0 Å². The van der Waals surface area contributed by atoms with Gasteiger partial charge >= 0.3 is 0 Å². The minimum atomic E-state index is 1.07. The third-order valence-electron chi connectivity index (χ3n) is 14.1. The molecule has 0 amide bonds. The number of nitrogens with zero attached hydrogens (tertiary/aromatic N) is 3. The molecule has 0 radical (unpaired) electrons. The first-order chi connectivity index (χ1) is 34.7. The number of hydrogen-bond donors (Lipinski definition) is 0. The molecule has 0 aliphatic rings. The summed E-state index contributed by atoms with van der Waals surface area (Å²) in [6.07, 6.45) is 0. The Morgan fingerprint density at radius 1 is 0.271 bits per heavy atom. The van der Waals surface area contributed by atoms with Crippen molar-refractivity contribution in [2.75, 3.05) is 9.80 Å². The van der Waals surface area contributed by atoms with Crippen LogP contribution < -0.4 is 9.80 Å². The average molecular weight is 910 g/mol. The molecule has 14 rings (SSSR count). The predicted molar refractivity (Wildman–Crippen MR) is 301 cm³/mol. The second-order valence-electron chi connectivity index (χ2n) is 18.1. The van der Waals surface area contributed by atoms with E-state index in [4.69, 9.17) is 0 Å². The van der Waals surface area contributed by atoms with E-state index in [-0.39, 0.29) is 0 Å². The van der Waals surface area contributed by atoms with Crippen LogP contribution in [-0.4, -0.2) is 4.57 Å². The van der Waals surface area contributed by atoms with Gasteiger partial charge in [-0.2, -0.15) is 0 Å². The van der Waals surface area contributed by atoms with Crippen molar-refractivity contribution in [1.82, 2.24) is 4.57 Å². The van der Waals surface area contributed by atoms with Crippen molar-refractivity contribution in [3.05, 3.63) is 261 Å². The minimum absolute atomic E-state index is 1.07. The SMILES string of the molecule is c1ccc(N(c2ccc(N(c3cccc(-c4ccc5c6ccccc6n(-c6ccccc6)c5c4)c3)c3ccc4c(ccc5ccccc54)c3)cc2)c2ccc3sc4c5ccccc5ccc4c3c2)cc1. The van der Waals surface area contributed by atoms with Gasteiger partial charge in [-0.15, -0.1) is 11.3 Å². The smallest absolute Gasteiger partial charge is 0.0547 e. The van der Waals surface area contributed by atoms with Crippen LogP contribution in [0, 0.1) is 0 Å². The normalized spacial score (nSPS) is 11.7. The number of rotatable bonds is 8. The highest BCUT2D eigenvalue weighted by molar-refractivity contribution is 7.26. The van der Waals surface area contributed by atoms with E-state index >= 15 is 0 Å². The number of fused-ring (bicyclic) bond motifs is 11. The average Bonchev–Trinajstić information content (AvgIpc) is 3.97. The molecular formula is C66H43N3S. The summed E-state index contributed by atoms with van der Waals surface area (Å²) in [5.74, 6) is 0. The van der Waals surface area contributed by atoms with Gasteiger partial charge in [-0.3, -0.25) is 0 Å². The highest BCUT2D eigenvalue weighted by Crippen LogP contribution is 2.45. The number of aromatic nitrogens is 1. The maximum Gasteiger partial charge on any atom is 0.0547 e. The fourth-order valence-corrected chi connectivity index (χ4v) is 12.0. The second-order valence-corrected chi connectivity index (χ2v) is 19.2. The summed E-state index contributed by atoms with van der Waals surface area (Å²) in [5.41, 5.74) is 12.4. The molecule has 0 unspecified atom stereocenters. The van der Waals surface area contributed by atoms with E-state index in [2.05, 4.69) is 275 Å². The number of anilines is 6. The first-order valence-corrected chi connectivity index (χ1v) is 24.7. The monoisotopic (exact) mass is 909 g/mol. The van der Waals surface area contributed by atoms with Gasteiger partial charge in [-0.1, -0.05) is 158 Å². The Morgan fingerprint density at radius 3 is 1.60 bits per heavy atom. The number of hydrogen-bond acceptors (Lipinski definition) is 3. The maximum atomic E-state index is 2.40. The molecule has 328 valence electrons. The maximum absolute atomic E-state index is 2.40. The topological polar surface area (TPSA) is 11.4 Å². The zero-order valence-corrected chi connectivity index (χ0v) is 38.9. The predicted octanol–water partition coefficient (Wildman–Crippen LogP) is 19.2. The summed E-state index contributed by atoms with van der Waals surface area (Å²) in [4.78, 5) is 4.78. The van der Waals surface area contributed by atoms with E-state index in [9.17, 15) is 0 Å². The van der Waals surface area contributed by atoms with E-state index in [1.165, 1.54) is 74.3 Å². The van der Waals surface area contributed by atoms with Crippen LogP contribution in [0.4, 0.5) is 34.1 Å². The molecule has 0 saturated carbocycles. The second kappa shape index (κ2) is 16.4. The Hall–Kier alpha value is -8.96. The third-order valence-corrected chi connectivity index (χ3v) is 15.3. The lowest BCUT2D eigenvalue weighted by Gasteiger charge is -2.29. The summed E-state index contributed by atoms with van der Waals surface area (Å²) >= 11 is 1.88. The van der Waals surface area contributed by atoms with Crippen molar-refractivity contribution in [2.45, 2.75) is 0 Å². The largest absolute Gasteiger partial charge is 0.310 e. The van der Waals surface area contributed by atoms with Crippen molar-refractivity contribution in [3.8, 4) is 16.8 Å². The van der Waals surface area contributed by atoms with Crippen molar-refractivity contribution in [3.63, 3.8) is 0 Å². The molecule has 0 atom stereocenters. The van der Waals surface area contributed by atoms with Crippen LogP contribution in [0.25, 0.3) is 91.1 Å². The van der Waals surface area contributed by atoms with Crippen LogP contribution in [0.2, 0.25) is 0 Å². The van der Waals surface area contributed by atoms with E-state index < -0.39 is 0 Å². The minimum Gasteiger partial charge on any atom is -0.310 e. The van der Waals surface area contributed by atoms with E-state index in [1.54, 1.807) is 0 Å². The van der Waals surface area contributed by atoms with Crippen molar-refractivity contribution >= 4 is 120 Å². The number of para-hydroxylation sites is 3. The Labute approximate surface area is 409 Å². The molecular weight excluding hydrogens is 867 g/mol. The van der Waals surface area contributed by atoms with Crippen molar-refractivity contribution in [2.24, 2.45) is 0 Å². The fraction of sp³-hybridized carbons (Fsp3) is 0. The van der Waals surface area contributed by atoms with Gasteiger partial charge in [0, 0.05) is 70.8 Å². The Kier molecular flexibility index (Phi) is 9.39. The van der Waals surface area contributed by atoms with Crippen LogP contribution in [0.1, 0.15) is 0 Å². The van der Waals surface area contributed by atoms with Gasteiger partial charge in [0.2, 0.25) is 0 Å². The van der Waals surface area contributed by atoms with Crippen LogP contribution in [0.15, 0.2) is 261 Å². The number of benzene rings is 12. The Morgan fingerprint density at radius 2 is 0.786 bits per heavy atom. The molecule has 14 aromatic rings. The first kappa shape index (κ1) is 40.1. The summed E-state index contributed by atoms with van der Waals surface area (Å²) in [5, 5.41) is 12.6. The molecule has 0 aliphatic carbocycles. The van der Waals surface area contributed by atoms with Gasteiger partial charge in [0.25, 0.3) is 0 Å². The lowest BCUT2D eigenvalue weighted by molar-refractivity contribution is 1.18. The van der Waals surface area contributed by atoms with E-state index in [1.807, 2.05) is 11.3 Å². The number of thiophene rings is 1. The molecule has 0 spiro atoms. The molecule has 4 heteroatoms. The molecule has 70 heavy (non-hydrogen) atoms. The van der Waals surface area contributed by atoms with Gasteiger partial charge in [0.1, 0.15) is 0 Å². The zero-order chi connectivity index (χ0) is 46.1. The lowest BCUT2D eigenvalue weighted by Crippen LogP contribution is -2.12. The highest BCUT2D eigenvalue weighted by atomic mass is 32.1. The zero-order valence-electron chi connectivity index (χ0n) is 38.1. The molecule has 0 saturated heterocycles. The molecule has 0 fully saturated rings. The van der Waals surface area contributed by atoms with E-state index in [0.717, 1.165) is 50.9 Å². The molecule has 12 aromatic carbocycles.